The Kier molecular flexibility index (Phi) is 4.68. The molecule has 106 valence electrons. The largest absolute Gasteiger partial charge is 0.378 e. The molecule has 3 nitrogen and oxygen atoms in total. The second kappa shape index (κ2) is 5.89. The highest BCUT2D eigenvalue weighted by molar-refractivity contribution is 4.94. The molecule has 2 aliphatic rings. The molecule has 2 saturated heterocycles. The summed E-state index contributed by atoms with van der Waals surface area (Å²) in [5.41, 5.74) is 0.277. The molecule has 18 heavy (non-hydrogen) atoms. The molecule has 0 saturated carbocycles. The van der Waals surface area contributed by atoms with Crippen molar-refractivity contribution >= 4 is 0 Å². The Hall–Kier alpha value is -0.120. The van der Waals surface area contributed by atoms with E-state index in [1.807, 2.05) is 0 Å². The summed E-state index contributed by atoms with van der Waals surface area (Å²) < 4.78 is 11.9. The van der Waals surface area contributed by atoms with Crippen LogP contribution in [-0.4, -0.2) is 37.5 Å². The molecule has 2 fully saturated rings. The van der Waals surface area contributed by atoms with Crippen LogP contribution in [0.1, 0.15) is 53.4 Å². The van der Waals surface area contributed by atoms with Crippen molar-refractivity contribution in [2.24, 2.45) is 5.41 Å². The molecule has 0 aromatic heterocycles. The quantitative estimate of drug-likeness (QED) is 0.819. The van der Waals surface area contributed by atoms with Gasteiger partial charge in [-0.2, -0.15) is 0 Å². The summed E-state index contributed by atoms with van der Waals surface area (Å²) in [5.74, 6) is 0. The second-order valence-electron chi connectivity index (χ2n) is 6.51. The van der Waals surface area contributed by atoms with Gasteiger partial charge in [0.15, 0.2) is 0 Å². The smallest absolute Gasteiger partial charge is 0.0617 e. The molecule has 0 bridgehead atoms. The minimum atomic E-state index is 0.277. The fraction of sp³-hybridized carbons (Fsp3) is 1.00. The maximum atomic E-state index is 6.02. The highest BCUT2D eigenvalue weighted by Gasteiger charge is 2.44. The number of hydrogen-bond donors (Lipinski definition) is 1. The van der Waals surface area contributed by atoms with Crippen LogP contribution in [0.2, 0.25) is 0 Å². The Bertz CT molecular complexity index is 269. The molecule has 0 radical (unpaired) electrons. The van der Waals surface area contributed by atoms with Gasteiger partial charge in [-0.3, -0.25) is 0 Å². The molecular formula is C15H29NO2. The number of ether oxygens (including phenoxy) is 2. The first-order chi connectivity index (χ1) is 8.52. The molecule has 2 aliphatic heterocycles. The van der Waals surface area contributed by atoms with Gasteiger partial charge in [0.1, 0.15) is 0 Å². The van der Waals surface area contributed by atoms with Crippen molar-refractivity contribution < 1.29 is 9.47 Å². The predicted molar refractivity (Wildman–Crippen MR) is 73.8 cm³/mol. The highest BCUT2D eigenvalue weighted by atomic mass is 16.5. The van der Waals surface area contributed by atoms with Gasteiger partial charge >= 0.3 is 0 Å². The second-order valence-corrected chi connectivity index (χ2v) is 6.51. The highest BCUT2D eigenvalue weighted by Crippen LogP contribution is 2.41. The van der Waals surface area contributed by atoms with Gasteiger partial charge in [-0.05, 0) is 39.5 Å². The standard InChI is InChI=1S/C15H29NO2/c1-11(2)16-10-15(7-8-17-13(15)4)9-14-6-5-12(3)18-14/h11-14,16H,5-10H2,1-4H3. The third-order valence-electron chi connectivity index (χ3n) is 4.65. The molecule has 2 heterocycles. The molecule has 4 atom stereocenters. The van der Waals surface area contributed by atoms with Crippen LogP contribution in [0.5, 0.6) is 0 Å². The normalized spacial score (nSPS) is 40.8. The molecule has 0 amide bonds. The minimum Gasteiger partial charge on any atom is -0.378 e. The third-order valence-corrected chi connectivity index (χ3v) is 4.65. The van der Waals surface area contributed by atoms with Gasteiger partial charge < -0.3 is 14.8 Å². The lowest BCUT2D eigenvalue weighted by Crippen LogP contribution is -2.44. The molecule has 0 aromatic rings. The molecule has 2 rings (SSSR count). The van der Waals surface area contributed by atoms with Crippen LogP contribution in [0, 0.1) is 5.41 Å². The van der Waals surface area contributed by atoms with Crippen LogP contribution in [-0.2, 0) is 9.47 Å². The zero-order valence-corrected chi connectivity index (χ0v) is 12.4. The average molecular weight is 255 g/mol. The van der Waals surface area contributed by atoms with Crippen molar-refractivity contribution in [3.05, 3.63) is 0 Å². The summed E-state index contributed by atoms with van der Waals surface area (Å²) in [7, 11) is 0. The Morgan fingerprint density at radius 2 is 2.06 bits per heavy atom. The van der Waals surface area contributed by atoms with Crippen LogP contribution in [0.25, 0.3) is 0 Å². The summed E-state index contributed by atoms with van der Waals surface area (Å²) in [6, 6.07) is 0.540. The van der Waals surface area contributed by atoms with E-state index in [4.69, 9.17) is 9.47 Å². The third kappa shape index (κ3) is 3.25. The average Bonchev–Trinajstić information content (AvgIpc) is 2.85. The van der Waals surface area contributed by atoms with E-state index in [0.717, 1.165) is 19.6 Å². The Balaban J connectivity index is 1.96. The van der Waals surface area contributed by atoms with E-state index < -0.39 is 0 Å². The fourth-order valence-corrected chi connectivity index (χ4v) is 3.29. The van der Waals surface area contributed by atoms with E-state index in [1.165, 1.54) is 19.3 Å². The van der Waals surface area contributed by atoms with Crippen LogP contribution in [0.3, 0.4) is 0 Å². The Morgan fingerprint density at radius 1 is 1.28 bits per heavy atom. The van der Waals surface area contributed by atoms with Gasteiger partial charge in [-0.25, -0.2) is 0 Å². The van der Waals surface area contributed by atoms with Gasteiger partial charge in [-0.1, -0.05) is 13.8 Å². The molecule has 3 heteroatoms. The van der Waals surface area contributed by atoms with E-state index in [-0.39, 0.29) is 5.41 Å². The van der Waals surface area contributed by atoms with Crippen LogP contribution in [0.15, 0.2) is 0 Å². The summed E-state index contributed by atoms with van der Waals surface area (Å²) in [4.78, 5) is 0. The fourth-order valence-electron chi connectivity index (χ4n) is 3.29. The summed E-state index contributed by atoms with van der Waals surface area (Å²) in [6.07, 6.45) is 6.00. The lowest BCUT2D eigenvalue weighted by atomic mass is 9.76. The summed E-state index contributed by atoms with van der Waals surface area (Å²) >= 11 is 0. The van der Waals surface area contributed by atoms with E-state index in [2.05, 4.69) is 33.0 Å². The summed E-state index contributed by atoms with van der Waals surface area (Å²) in [5, 5.41) is 3.61. The lowest BCUT2D eigenvalue weighted by molar-refractivity contribution is -0.00543. The minimum absolute atomic E-state index is 0.277. The molecule has 0 spiro atoms. The first-order valence-corrected chi connectivity index (χ1v) is 7.52. The maximum absolute atomic E-state index is 6.02. The SMILES string of the molecule is CC(C)NCC1(CC2CCC(C)O2)CCOC1C. The number of rotatable bonds is 5. The van der Waals surface area contributed by atoms with Crippen LogP contribution in [0.4, 0.5) is 0 Å². The van der Waals surface area contributed by atoms with Crippen molar-refractivity contribution in [1.29, 1.82) is 0 Å². The topological polar surface area (TPSA) is 30.5 Å². The van der Waals surface area contributed by atoms with Gasteiger partial charge in [0.05, 0.1) is 18.3 Å². The molecule has 4 unspecified atom stereocenters. The van der Waals surface area contributed by atoms with E-state index in [1.54, 1.807) is 0 Å². The number of nitrogens with one attached hydrogen (secondary N) is 1. The van der Waals surface area contributed by atoms with Gasteiger partial charge in [0, 0.05) is 24.6 Å². The monoisotopic (exact) mass is 255 g/mol. The lowest BCUT2D eigenvalue weighted by Gasteiger charge is -2.35. The molecule has 0 aliphatic carbocycles. The van der Waals surface area contributed by atoms with E-state index in [9.17, 15) is 0 Å². The molecule has 0 aromatic carbocycles. The van der Waals surface area contributed by atoms with E-state index in [0.29, 0.717) is 24.4 Å². The maximum Gasteiger partial charge on any atom is 0.0617 e. The van der Waals surface area contributed by atoms with Gasteiger partial charge in [0.2, 0.25) is 0 Å². The van der Waals surface area contributed by atoms with Crippen molar-refractivity contribution in [2.75, 3.05) is 13.2 Å². The van der Waals surface area contributed by atoms with Crippen LogP contribution >= 0.6 is 0 Å². The van der Waals surface area contributed by atoms with Crippen molar-refractivity contribution in [3.8, 4) is 0 Å². The Morgan fingerprint density at radius 3 is 2.56 bits per heavy atom. The van der Waals surface area contributed by atoms with Gasteiger partial charge in [-0.15, -0.1) is 0 Å². The van der Waals surface area contributed by atoms with E-state index >= 15 is 0 Å². The predicted octanol–water partition coefficient (Wildman–Crippen LogP) is 2.74. The van der Waals surface area contributed by atoms with Crippen molar-refractivity contribution in [3.63, 3.8) is 0 Å². The summed E-state index contributed by atoms with van der Waals surface area (Å²) in [6.45, 7) is 10.8. The zero-order chi connectivity index (χ0) is 13.2. The first-order valence-electron chi connectivity index (χ1n) is 7.52. The number of hydrogen-bond acceptors (Lipinski definition) is 3. The molecule has 1 N–H and O–H groups in total. The van der Waals surface area contributed by atoms with Gasteiger partial charge in [0.25, 0.3) is 0 Å². The van der Waals surface area contributed by atoms with Crippen molar-refractivity contribution in [1.82, 2.24) is 5.32 Å². The first kappa shape index (κ1) is 14.3. The zero-order valence-electron chi connectivity index (χ0n) is 12.4. The molecular weight excluding hydrogens is 226 g/mol. The van der Waals surface area contributed by atoms with Crippen LogP contribution < -0.4 is 5.32 Å². The van der Waals surface area contributed by atoms with Crippen molar-refractivity contribution in [2.45, 2.75) is 77.7 Å². The Labute approximate surface area is 112 Å².